The molecule has 1 saturated heterocycles. The molecule has 4 nitrogen and oxygen atoms in total. The van der Waals surface area contributed by atoms with Crippen molar-refractivity contribution in [2.45, 2.75) is 26.1 Å². The lowest BCUT2D eigenvalue weighted by Crippen LogP contribution is -2.45. The lowest BCUT2D eigenvalue weighted by atomic mass is 10.1. The van der Waals surface area contributed by atoms with Gasteiger partial charge in [0.05, 0.1) is 22.9 Å². The largest absolute Gasteiger partial charge is 0.478 e. The van der Waals surface area contributed by atoms with Crippen molar-refractivity contribution in [2.75, 3.05) is 18.0 Å². The summed E-state index contributed by atoms with van der Waals surface area (Å²) in [5.41, 5.74) is 1.73. The second-order valence-electron chi connectivity index (χ2n) is 5.04. The van der Waals surface area contributed by atoms with Gasteiger partial charge in [0.2, 0.25) is 0 Å². The number of aliphatic carboxylic acids is 1. The topological polar surface area (TPSA) is 49.8 Å². The minimum atomic E-state index is -0.971. The minimum absolute atomic E-state index is 0.168. The standard InChI is InChI=1S/C15H18ClNO3/c1-10-8-17(9-11(2)20-10)14-5-3-12(7-13(14)16)4-6-15(18)19/h3-7,10-11H,8-9H2,1-2H3,(H,18,19)/b6-4+/t10-,11+. The van der Waals surface area contributed by atoms with Crippen LogP contribution < -0.4 is 4.90 Å². The van der Waals surface area contributed by atoms with E-state index in [-0.39, 0.29) is 12.2 Å². The summed E-state index contributed by atoms with van der Waals surface area (Å²) in [7, 11) is 0. The molecule has 20 heavy (non-hydrogen) atoms. The summed E-state index contributed by atoms with van der Waals surface area (Å²) in [5.74, 6) is -0.971. The number of rotatable bonds is 3. The number of halogens is 1. The molecule has 5 heteroatoms. The van der Waals surface area contributed by atoms with Crippen LogP contribution in [0.15, 0.2) is 24.3 Å². The number of carboxylic acids is 1. The molecule has 1 N–H and O–H groups in total. The van der Waals surface area contributed by atoms with Crippen LogP contribution in [0.25, 0.3) is 6.08 Å². The van der Waals surface area contributed by atoms with Crippen molar-refractivity contribution in [2.24, 2.45) is 0 Å². The second kappa shape index (κ2) is 6.29. The van der Waals surface area contributed by atoms with Gasteiger partial charge in [-0.05, 0) is 37.6 Å². The maximum atomic E-state index is 10.5. The number of nitrogens with zero attached hydrogens (tertiary/aromatic N) is 1. The van der Waals surface area contributed by atoms with Gasteiger partial charge >= 0.3 is 5.97 Å². The van der Waals surface area contributed by atoms with E-state index in [1.165, 1.54) is 6.08 Å². The summed E-state index contributed by atoms with van der Waals surface area (Å²) < 4.78 is 5.71. The summed E-state index contributed by atoms with van der Waals surface area (Å²) in [5, 5.41) is 9.24. The van der Waals surface area contributed by atoms with Crippen LogP contribution in [-0.2, 0) is 9.53 Å². The van der Waals surface area contributed by atoms with Gasteiger partial charge in [-0.1, -0.05) is 17.7 Å². The minimum Gasteiger partial charge on any atom is -0.478 e. The fraction of sp³-hybridized carbons (Fsp3) is 0.400. The van der Waals surface area contributed by atoms with Crippen molar-refractivity contribution < 1.29 is 14.6 Å². The van der Waals surface area contributed by atoms with Gasteiger partial charge in [-0.2, -0.15) is 0 Å². The first-order valence-corrected chi connectivity index (χ1v) is 6.94. The molecule has 1 aromatic rings. The van der Waals surface area contributed by atoms with E-state index in [0.717, 1.165) is 30.4 Å². The Morgan fingerprint density at radius 1 is 1.40 bits per heavy atom. The van der Waals surface area contributed by atoms with Gasteiger partial charge in [0.1, 0.15) is 0 Å². The van der Waals surface area contributed by atoms with Gasteiger partial charge in [-0.15, -0.1) is 0 Å². The van der Waals surface area contributed by atoms with E-state index in [0.29, 0.717) is 5.02 Å². The highest BCUT2D eigenvalue weighted by molar-refractivity contribution is 6.33. The molecule has 108 valence electrons. The number of benzene rings is 1. The van der Waals surface area contributed by atoms with Crippen molar-refractivity contribution in [1.29, 1.82) is 0 Å². The lowest BCUT2D eigenvalue weighted by molar-refractivity contribution is -0.131. The van der Waals surface area contributed by atoms with Crippen LogP contribution in [-0.4, -0.2) is 36.4 Å². The Kier molecular flexibility index (Phi) is 4.68. The van der Waals surface area contributed by atoms with E-state index < -0.39 is 5.97 Å². The highest BCUT2D eigenvalue weighted by Crippen LogP contribution is 2.29. The number of hydrogen-bond acceptors (Lipinski definition) is 3. The molecular formula is C15H18ClNO3. The summed E-state index contributed by atoms with van der Waals surface area (Å²) in [6.07, 6.45) is 2.97. The van der Waals surface area contributed by atoms with Gasteiger partial charge in [-0.25, -0.2) is 4.79 Å². The molecule has 1 aromatic carbocycles. The zero-order valence-electron chi connectivity index (χ0n) is 11.5. The second-order valence-corrected chi connectivity index (χ2v) is 5.45. The number of hydrogen-bond donors (Lipinski definition) is 1. The Hall–Kier alpha value is -1.52. The molecule has 0 aliphatic carbocycles. The van der Waals surface area contributed by atoms with Crippen LogP contribution in [0, 0.1) is 0 Å². The van der Waals surface area contributed by atoms with Crippen LogP contribution in [0.4, 0.5) is 5.69 Å². The Bertz CT molecular complexity index is 520. The highest BCUT2D eigenvalue weighted by Gasteiger charge is 2.23. The molecule has 2 atom stereocenters. The fourth-order valence-electron chi connectivity index (χ4n) is 2.43. The van der Waals surface area contributed by atoms with E-state index in [4.69, 9.17) is 21.4 Å². The number of morpholine rings is 1. The molecule has 2 rings (SSSR count). The first kappa shape index (κ1) is 14.9. The van der Waals surface area contributed by atoms with Crippen LogP contribution in [0.3, 0.4) is 0 Å². The zero-order chi connectivity index (χ0) is 14.7. The first-order valence-electron chi connectivity index (χ1n) is 6.56. The van der Waals surface area contributed by atoms with Crippen molar-refractivity contribution in [3.05, 3.63) is 34.9 Å². The van der Waals surface area contributed by atoms with Gasteiger partial charge in [0.15, 0.2) is 0 Å². The summed E-state index contributed by atoms with van der Waals surface area (Å²) >= 11 is 6.31. The van der Waals surface area contributed by atoms with Crippen LogP contribution in [0.1, 0.15) is 19.4 Å². The fourth-order valence-corrected chi connectivity index (χ4v) is 2.73. The van der Waals surface area contributed by atoms with E-state index in [1.54, 1.807) is 6.07 Å². The molecule has 0 amide bonds. The van der Waals surface area contributed by atoms with Gasteiger partial charge < -0.3 is 14.7 Å². The number of carbonyl (C=O) groups is 1. The van der Waals surface area contributed by atoms with Crippen LogP contribution >= 0.6 is 11.6 Å². The summed E-state index contributed by atoms with van der Waals surface area (Å²) in [6, 6.07) is 5.57. The smallest absolute Gasteiger partial charge is 0.328 e. The van der Waals surface area contributed by atoms with Gasteiger partial charge in [-0.3, -0.25) is 0 Å². The number of carboxylic acid groups (broad SMARTS) is 1. The Morgan fingerprint density at radius 3 is 2.60 bits per heavy atom. The lowest BCUT2D eigenvalue weighted by Gasteiger charge is -2.37. The molecule has 0 saturated carbocycles. The predicted molar refractivity (Wildman–Crippen MR) is 80.3 cm³/mol. The van der Waals surface area contributed by atoms with E-state index in [9.17, 15) is 4.79 Å². The molecule has 1 aliphatic rings. The van der Waals surface area contributed by atoms with Crippen molar-refractivity contribution in [1.82, 2.24) is 0 Å². The van der Waals surface area contributed by atoms with E-state index in [2.05, 4.69) is 4.90 Å². The predicted octanol–water partition coefficient (Wildman–Crippen LogP) is 3.05. The highest BCUT2D eigenvalue weighted by atomic mass is 35.5. The maximum absolute atomic E-state index is 10.5. The van der Waals surface area contributed by atoms with Crippen LogP contribution in [0.2, 0.25) is 5.02 Å². The van der Waals surface area contributed by atoms with E-state index in [1.807, 2.05) is 26.0 Å². The molecule has 0 aromatic heterocycles. The Morgan fingerprint density at radius 2 is 2.05 bits per heavy atom. The normalized spacial score (nSPS) is 23.2. The average Bonchev–Trinajstić information content (AvgIpc) is 2.35. The maximum Gasteiger partial charge on any atom is 0.328 e. The monoisotopic (exact) mass is 295 g/mol. The molecule has 1 aliphatic heterocycles. The third-order valence-electron chi connectivity index (χ3n) is 3.15. The third kappa shape index (κ3) is 3.74. The summed E-state index contributed by atoms with van der Waals surface area (Å²) in [4.78, 5) is 12.7. The molecule has 0 bridgehead atoms. The molecule has 1 heterocycles. The average molecular weight is 296 g/mol. The SMILES string of the molecule is C[C@@H]1CN(c2ccc(/C=C/C(=O)O)cc2Cl)C[C@H](C)O1. The Balaban J connectivity index is 2.19. The molecule has 0 radical (unpaired) electrons. The molecule has 1 fully saturated rings. The van der Waals surface area contributed by atoms with E-state index >= 15 is 0 Å². The zero-order valence-corrected chi connectivity index (χ0v) is 12.3. The summed E-state index contributed by atoms with van der Waals surface area (Å²) in [6.45, 7) is 5.68. The first-order chi connectivity index (χ1) is 9.45. The van der Waals surface area contributed by atoms with Crippen molar-refractivity contribution in [3.63, 3.8) is 0 Å². The number of anilines is 1. The van der Waals surface area contributed by atoms with Gasteiger partial charge in [0, 0.05) is 19.2 Å². The van der Waals surface area contributed by atoms with Crippen LogP contribution in [0.5, 0.6) is 0 Å². The quantitative estimate of drug-likeness (QED) is 0.871. The van der Waals surface area contributed by atoms with Crippen molar-refractivity contribution in [3.8, 4) is 0 Å². The van der Waals surface area contributed by atoms with Gasteiger partial charge in [0.25, 0.3) is 0 Å². The molecule has 0 unspecified atom stereocenters. The Labute approximate surface area is 123 Å². The molecular weight excluding hydrogens is 278 g/mol. The number of ether oxygens (including phenoxy) is 1. The molecule has 0 spiro atoms. The third-order valence-corrected chi connectivity index (χ3v) is 3.45. The van der Waals surface area contributed by atoms with Crippen molar-refractivity contribution >= 4 is 29.3 Å².